The van der Waals surface area contributed by atoms with Gasteiger partial charge in [-0.1, -0.05) is 57.5 Å². The molecule has 0 bridgehead atoms. The van der Waals surface area contributed by atoms with Crippen LogP contribution in [-0.2, 0) is 6.54 Å². The summed E-state index contributed by atoms with van der Waals surface area (Å²) in [5.74, 6) is 2.66. The lowest BCUT2D eigenvalue weighted by Gasteiger charge is -2.18. The fourth-order valence-electron chi connectivity index (χ4n) is 3.34. The number of nitrogens with zero attached hydrogens (tertiary/aromatic N) is 1. The van der Waals surface area contributed by atoms with E-state index in [1.54, 1.807) is 0 Å². The molecule has 1 heteroatoms. The number of rotatable bonds is 5. The zero-order valence-corrected chi connectivity index (χ0v) is 12.1. The van der Waals surface area contributed by atoms with Crippen LogP contribution in [0.25, 0.3) is 0 Å². The Morgan fingerprint density at radius 1 is 1.11 bits per heavy atom. The lowest BCUT2D eigenvalue weighted by molar-refractivity contribution is 0.305. The summed E-state index contributed by atoms with van der Waals surface area (Å²) in [7, 11) is 0. The number of benzene rings is 1. The van der Waals surface area contributed by atoms with E-state index in [1.807, 2.05) is 0 Å². The van der Waals surface area contributed by atoms with Gasteiger partial charge in [0.25, 0.3) is 0 Å². The molecule has 1 fully saturated rings. The first-order chi connectivity index (χ1) is 8.69. The fourth-order valence-corrected chi connectivity index (χ4v) is 3.34. The first-order valence-corrected chi connectivity index (χ1v) is 7.45. The second-order valence-corrected chi connectivity index (χ2v) is 6.24. The van der Waals surface area contributed by atoms with Crippen LogP contribution in [0.1, 0.15) is 39.2 Å². The predicted octanol–water partition coefficient (Wildman–Crippen LogP) is 4.19. The summed E-state index contributed by atoms with van der Waals surface area (Å²) in [5, 5.41) is 0. The molecule has 0 aromatic heterocycles. The van der Waals surface area contributed by atoms with E-state index >= 15 is 0 Å². The van der Waals surface area contributed by atoms with E-state index in [-0.39, 0.29) is 0 Å². The molecule has 2 atom stereocenters. The minimum absolute atomic E-state index is 0.834. The lowest BCUT2D eigenvalue weighted by Crippen LogP contribution is -2.20. The molecule has 2 rings (SSSR count). The van der Waals surface area contributed by atoms with Crippen molar-refractivity contribution in [2.45, 2.75) is 40.2 Å². The van der Waals surface area contributed by atoms with Gasteiger partial charge in [-0.15, -0.1) is 0 Å². The number of hydrogen-bond acceptors (Lipinski definition) is 1. The summed E-state index contributed by atoms with van der Waals surface area (Å²) in [5.41, 5.74) is 1.46. The van der Waals surface area contributed by atoms with Crippen LogP contribution < -0.4 is 0 Å². The SMILES string of the molecule is CCC1CN(Cc2ccccc2)CC1CC(C)C. The molecular weight excluding hydrogens is 218 g/mol. The minimum atomic E-state index is 0.834. The van der Waals surface area contributed by atoms with Crippen LogP contribution in [0.15, 0.2) is 30.3 Å². The topological polar surface area (TPSA) is 3.24 Å². The predicted molar refractivity (Wildman–Crippen MR) is 78.4 cm³/mol. The third-order valence-electron chi connectivity index (χ3n) is 4.20. The van der Waals surface area contributed by atoms with Crippen LogP contribution in [-0.4, -0.2) is 18.0 Å². The Balaban J connectivity index is 1.92. The standard InChI is InChI=1S/C17H27N/c1-4-16-12-18(13-17(16)10-14(2)3)11-15-8-6-5-7-9-15/h5-9,14,16-17H,4,10-13H2,1-3H3. The van der Waals surface area contributed by atoms with Crippen molar-refractivity contribution in [1.82, 2.24) is 4.90 Å². The summed E-state index contributed by atoms with van der Waals surface area (Å²) in [4.78, 5) is 2.65. The van der Waals surface area contributed by atoms with Gasteiger partial charge in [0.15, 0.2) is 0 Å². The molecule has 18 heavy (non-hydrogen) atoms. The maximum atomic E-state index is 2.65. The molecule has 1 aliphatic heterocycles. The number of hydrogen-bond donors (Lipinski definition) is 0. The third kappa shape index (κ3) is 3.58. The summed E-state index contributed by atoms with van der Waals surface area (Å²) in [6.45, 7) is 10.8. The van der Waals surface area contributed by atoms with Gasteiger partial charge in [0.2, 0.25) is 0 Å². The molecule has 2 unspecified atom stereocenters. The van der Waals surface area contributed by atoms with Crippen molar-refractivity contribution < 1.29 is 0 Å². The third-order valence-corrected chi connectivity index (χ3v) is 4.20. The summed E-state index contributed by atoms with van der Waals surface area (Å²) in [6.07, 6.45) is 2.73. The quantitative estimate of drug-likeness (QED) is 0.752. The van der Waals surface area contributed by atoms with Crippen molar-refractivity contribution >= 4 is 0 Å². The van der Waals surface area contributed by atoms with Crippen LogP contribution >= 0.6 is 0 Å². The van der Waals surface area contributed by atoms with Gasteiger partial charge in [-0.05, 0) is 29.7 Å². The summed E-state index contributed by atoms with van der Waals surface area (Å²) in [6, 6.07) is 10.9. The van der Waals surface area contributed by atoms with E-state index in [1.165, 1.54) is 31.5 Å². The van der Waals surface area contributed by atoms with E-state index in [0.29, 0.717) is 0 Å². The monoisotopic (exact) mass is 245 g/mol. The molecule has 0 amide bonds. The van der Waals surface area contributed by atoms with Gasteiger partial charge in [0.1, 0.15) is 0 Å². The Hall–Kier alpha value is -0.820. The molecule has 1 aromatic rings. The molecule has 100 valence electrons. The smallest absolute Gasteiger partial charge is 0.0233 e. The molecule has 1 aliphatic rings. The lowest BCUT2D eigenvalue weighted by atomic mass is 9.87. The maximum Gasteiger partial charge on any atom is 0.0233 e. The van der Waals surface area contributed by atoms with Crippen LogP contribution in [0.2, 0.25) is 0 Å². The Kier molecular flexibility index (Phi) is 4.82. The average molecular weight is 245 g/mol. The fraction of sp³-hybridized carbons (Fsp3) is 0.647. The van der Waals surface area contributed by atoms with E-state index < -0.39 is 0 Å². The molecule has 0 radical (unpaired) electrons. The molecule has 0 spiro atoms. The molecule has 1 aromatic carbocycles. The van der Waals surface area contributed by atoms with Crippen molar-refractivity contribution in [2.24, 2.45) is 17.8 Å². The molecule has 0 N–H and O–H groups in total. The Labute approximate surface area is 112 Å². The van der Waals surface area contributed by atoms with Gasteiger partial charge in [-0.25, -0.2) is 0 Å². The first-order valence-electron chi connectivity index (χ1n) is 7.45. The Morgan fingerprint density at radius 3 is 2.39 bits per heavy atom. The van der Waals surface area contributed by atoms with E-state index in [4.69, 9.17) is 0 Å². The summed E-state index contributed by atoms with van der Waals surface area (Å²) >= 11 is 0. The van der Waals surface area contributed by atoms with Crippen LogP contribution in [0.3, 0.4) is 0 Å². The highest BCUT2D eigenvalue weighted by Crippen LogP contribution is 2.31. The van der Waals surface area contributed by atoms with E-state index in [0.717, 1.165) is 24.3 Å². The molecule has 0 aliphatic carbocycles. The van der Waals surface area contributed by atoms with Gasteiger partial charge in [-0.2, -0.15) is 0 Å². The highest BCUT2D eigenvalue weighted by molar-refractivity contribution is 5.14. The highest BCUT2D eigenvalue weighted by atomic mass is 15.1. The second-order valence-electron chi connectivity index (χ2n) is 6.24. The van der Waals surface area contributed by atoms with Crippen molar-refractivity contribution in [3.8, 4) is 0 Å². The zero-order chi connectivity index (χ0) is 13.0. The van der Waals surface area contributed by atoms with Crippen molar-refractivity contribution in [3.63, 3.8) is 0 Å². The van der Waals surface area contributed by atoms with Crippen LogP contribution in [0, 0.1) is 17.8 Å². The summed E-state index contributed by atoms with van der Waals surface area (Å²) < 4.78 is 0. The Bertz CT molecular complexity index is 344. The average Bonchev–Trinajstić information content (AvgIpc) is 2.71. The van der Waals surface area contributed by atoms with Crippen LogP contribution in [0.4, 0.5) is 0 Å². The normalized spacial score (nSPS) is 24.9. The maximum absolute atomic E-state index is 2.65. The molecule has 1 nitrogen and oxygen atoms in total. The van der Waals surface area contributed by atoms with Gasteiger partial charge in [0.05, 0.1) is 0 Å². The molecular formula is C17H27N. The van der Waals surface area contributed by atoms with E-state index in [9.17, 15) is 0 Å². The molecule has 1 heterocycles. The zero-order valence-electron chi connectivity index (χ0n) is 12.1. The second kappa shape index (κ2) is 6.38. The van der Waals surface area contributed by atoms with Gasteiger partial charge < -0.3 is 0 Å². The van der Waals surface area contributed by atoms with Crippen molar-refractivity contribution in [3.05, 3.63) is 35.9 Å². The van der Waals surface area contributed by atoms with Crippen LogP contribution in [0.5, 0.6) is 0 Å². The first kappa shape index (κ1) is 13.6. The van der Waals surface area contributed by atoms with Gasteiger partial charge >= 0.3 is 0 Å². The van der Waals surface area contributed by atoms with E-state index in [2.05, 4.69) is 56.0 Å². The Morgan fingerprint density at radius 2 is 1.78 bits per heavy atom. The largest absolute Gasteiger partial charge is 0.299 e. The minimum Gasteiger partial charge on any atom is -0.299 e. The number of likely N-dealkylation sites (tertiary alicyclic amines) is 1. The molecule has 1 saturated heterocycles. The van der Waals surface area contributed by atoms with Crippen molar-refractivity contribution in [1.29, 1.82) is 0 Å². The highest BCUT2D eigenvalue weighted by Gasteiger charge is 2.31. The van der Waals surface area contributed by atoms with Gasteiger partial charge in [-0.3, -0.25) is 4.90 Å². The van der Waals surface area contributed by atoms with Crippen molar-refractivity contribution in [2.75, 3.05) is 13.1 Å². The molecule has 0 saturated carbocycles. The van der Waals surface area contributed by atoms with Gasteiger partial charge in [0, 0.05) is 19.6 Å².